The lowest BCUT2D eigenvalue weighted by atomic mass is 10.1. The molecule has 0 amide bonds. The van der Waals surface area contributed by atoms with Gasteiger partial charge in [-0.25, -0.2) is 0 Å². The lowest BCUT2D eigenvalue weighted by Gasteiger charge is -2.12. The summed E-state index contributed by atoms with van der Waals surface area (Å²) >= 11 is 0. The maximum absolute atomic E-state index is 12.3. The minimum atomic E-state index is -5.34. The molecule has 0 atom stereocenters. The Labute approximate surface area is 280 Å². The van der Waals surface area contributed by atoms with Gasteiger partial charge in [-0.15, -0.1) is 20.5 Å². The summed E-state index contributed by atoms with van der Waals surface area (Å²) in [6, 6.07) is 4.32. The average Bonchev–Trinajstić information content (AvgIpc) is 2.92. The molecular formula is C22H19N7O16S5. The minimum absolute atomic E-state index is 0.211. The SMILES string of the molecule is Nc1cc(N=Nc2ccc3cc(S(=O)(=O)O)c(N=Nc4cc(N)c(S(=O)(=O)O)cc4S(=O)(=O)O)c(N)c3c2O)c(S(=O)(=O)O)cc1S(=O)(=O)O. The Hall–Kier alpha value is -4.91. The van der Waals surface area contributed by atoms with E-state index in [-0.39, 0.29) is 17.5 Å². The third-order valence-electron chi connectivity index (χ3n) is 6.33. The van der Waals surface area contributed by atoms with Crippen LogP contribution in [0.5, 0.6) is 5.75 Å². The van der Waals surface area contributed by atoms with Crippen LogP contribution in [0, 0.1) is 0 Å². The highest BCUT2D eigenvalue weighted by atomic mass is 32.2. The summed E-state index contributed by atoms with van der Waals surface area (Å²) in [4.78, 5) is -5.85. The third kappa shape index (κ3) is 7.62. The Morgan fingerprint density at radius 2 is 0.840 bits per heavy atom. The molecule has 0 aliphatic rings. The first-order chi connectivity index (χ1) is 22.6. The quantitative estimate of drug-likeness (QED) is 0.0666. The van der Waals surface area contributed by atoms with E-state index in [1.165, 1.54) is 0 Å². The van der Waals surface area contributed by atoms with E-state index in [0.717, 1.165) is 12.1 Å². The molecule has 0 unspecified atom stereocenters. The third-order valence-corrected chi connectivity index (χ3v) is 10.8. The van der Waals surface area contributed by atoms with Gasteiger partial charge in [-0.2, -0.15) is 42.1 Å². The van der Waals surface area contributed by atoms with Crippen molar-refractivity contribution in [3.05, 3.63) is 42.5 Å². The second-order valence-corrected chi connectivity index (χ2v) is 16.6. The molecular weight excluding hydrogens is 779 g/mol. The van der Waals surface area contributed by atoms with Gasteiger partial charge in [0, 0.05) is 0 Å². The van der Waals surface area contributed by atoms with Crippen LogP contribution in [0.25, 0.3) is 10.8 Å². The van der Waals surface area contributed by atoms with Crippen molar-refractivity contribution in [3.63, 3.8) is 0 Å². The zero-order chi connectivity index (χ0) is 37.9. The number of fused-ring (bicyclic) bond motifs is 1. The summed E-state index contributed by atoms with van der Waals surface area (Å²) < 4.78 is 166. The Kier molecular flexibility index (Phi) is 9.44. The number of anilines is 3. The van der Waals surface area contributed by atoms with Gasteiger partial charge < -0.3 is 22.3 Å². The average molecular weight is 798 g/mol. The second-order valence-electron chi connectivity index (χ2n) is 9.66. The number of hydrogen-bond donors (Lipinski definition) is 9. The zero-order valence-corrected chi connectivity index (χ0v) is 28.0. The van der Waals surface area contributed by atoms with Crippen molar-refractivity contribution in [2.24, 2.45) is 20.5 Å². The maximum atomic E-state index is 12.3. The number of nitrogens with two attached hydrogens (primary N) is 3. The van der Waals surface area contributed by atoms with Crippen molar-refractivity contribution in [1.29, 1.82) is 0 Å². The number of phenols is 1. The van der Waals surface area contributed by atoms with Gasteiger partial charge in [0.1, 0.15) is 47.2 Å². The fraction of sp³-hybridized carbons (Fsp3) is 0. The van der Waals surface area contributed by atoms with Crippen LogP contribution < -0.4 is 17.2 Å². The topological polar surface area (TPSA) is 420 Å². The number of nitrogens with zero attached hydrogens (tertiary/aromatic N) is 4. The summed E-state index contributed by atoms with van der Waals surface area (Å²) in [7, 11) is -26.0. The van der Waals surface area contributed by atoms with E-state index in [9.17, 15) is 70.0 Å². The summed E-state index contributed by atoms with van der Waals surface area (Å²) in [6.45, 7) is 0. The van der Waals surface area contributed by atoms with Crippen molar-refractivity contribution in [1.82, 2.24) is 0 Å². The maximum Gasteiger partial charge on any atom is 0.296 e. The first kappa shape index (κ1) is 37.9. The molecule has 268 valence electrons. The van der Waals surface area contributed by atoms with E-state index < -0.39 is 126 Å². The molecule has 0 radical (unpaired) electrons. The van der Waals surface area contributed by atoms with Gasteiger partial charge >= 0.3 is 0 Å². The number of nitrogen functional groups attached to an aromatic ring is 3. The van der Waals surface area contributed by atoms with Crippen LogP contribution in [0.2, 0.25) is 0 Å². The van der Waals surface area contributed by atoms with Gasteiger partial charge in [-0.05, 0) is 41.8 Å². The molecule has 50 heavy (non-hydrogen) atoms. The molecule has 0 saturated carbocycles. The van der Waals surface area contributed by atoms with Gasteiger partial charge in [0.25, 0.3) is 50.6 Å². The molecule has 4 rings (SSSR count). The van der Waals surface area contributed by atoms with Gasteiger partial charge in [0.2, 0.25) is 0 Å². The molecule has 28 heteroatoms. The summed E-state index contributed by atoms with van der Waals surface area (Å²) in [5.41, 5.74) is 11.6. The fourth-order valence-corrected chi connectivity index (χ4v) is 7.53. The Bertz CT molecular complexity index is 2770. The minimum Gasteiger partial charge on any atom is -0.505 e. The molecule has 4 aromatic rings. The van der Waals surface area contributed by atoms with E-state index in [1.54, 1.807) is 0 Å². The fourth-order valence-electron chi connectivity index (χ4n) is 4.20. The summed E-state index contributed by atoms with van der Waals surface area (Å²) in [6.07, 6.45) is 0. The van der Waals surface area contributed by atoms with Gasteiger partial charge in [-0.3, -0.25) is 22.8 Å². The standard InChI is InChI=1S/C22H19N7O16S5/c23-9-4-12(16(48(37,38)39)6-14(9)46(31,32)33)27-26-11-2-1-8-3-18(50(43,44)45)21(20(25)19(8)22(11)30)29-28-13-5-10(24)15(47(34,35)36)7-17(13)49(40,41)42/h1-7,30H,23-25H2,(H,31,32,33)(H,34,35,36)(H,37,38,39)(H,40,41,42)(H,43,44,45). The van der Waals surface area contributed by atoms with E-state index in [1.807, 2.05) is 0 Å². The Balaban J connectivity index is 1.97. The van der Waals surface area contributed by atoms with E-state index in [2.05, 4.69) is 20.5 Å². The van der Waals surface area contributed by atoms with Crippen molar-refractivity contribution in [2.45, 2.75) is 24.5 Å². The predicted molar refractivity (Wildman–Crippen MR) is 169 cm³/mol. The lowest BCUT2D eigenvalue weighted by Crippen LogP contribution is -2.07. The molecule has 0 heterocycles. The molecule has 12 N–H and O–H groups in total. The zero-order valence-electron chi connectivity index (χ0n) is 23.9. The number of benzene rings is 4. The van der Waals surface area contributed by atoms with E-state index >= 15 is 0 Å². The predicted octanol–water partition coefficient (Wildman–Crippen LogP) is 2.36. The summed E-state index contributed by atoms with van der Waals surface area (Å²) in [5, 5.41) is 24.4. The monoisotopic (exact) mass is 797 g/mol. The van der Waals surface area contributed by atoms with Crippen molar-refractivity contribution in [3.8, 4) is 5.75 Å². The molecule has 0 aliphatic heterocycles. The van der Waals surface area contributed by atoms with Gasteiger partial charge in [0.15, 0.2) is 5.75 Å². The molecule has 23 nitrogen and oxygen atoms in total. The first-order valence-electron chi connectivity index (χ1n) is 12.3. The van der Waals surface area contributed by atoms with Crippen LogP contribution in [0.15, 0.2) is 87.4 Å². The molecule has 4 aromatic carbocycles. The Morgan fingerprint density at radius 1 is 0.460 bits per heavy atom. The van der Waals surface area contributed by atoms with E-state index in [0.29, 0.717) is 18.2 Å². The largest absolute Gasteiger partial charge is 0.505 e. The number of phenolic OH excluding ortho intramolecular Hbond substituents is 1. The van der Waals surface area contributed by atoms with Crippen LogP contribution in [-0.4, -0.2) is 70.0 Å². The summed E-state index contributed by atoms with van der Waals surface area (Å²) in [5.74, 6) is -0.932. The number of azo groups is 2. The van der Waals surface area contributed by atoms with Crippen molar-refractivity contribution in [2.75, 3.05) is 17.2 Å². The molecule has 0 fully saturated rings. The number of rotatable bonds is 9. The number of aromatic hydroxyl groups is 1. The second kappa shape index (κ2) is 12.4. The molecule has 0 aliphatic carbocycles. The van der Waals surface area contributed by atoms with Crippen LogP contribution >= 0.6 is 0 Å². The molecule has 0 spiro atoms. The Morgan fingerprint density at radius 3 is 1.24 bits per heavy atom. The van der Waals surface area contributed by atoms with E-state index in [4.69, 9.17) is 17.2 Å². The lowest BCUT2D eigenvalue weighted by molar-refractivity contribution is 0.477. The molecule has 0 aromatic heterocycles. The highest BCUT2D eigenvalue weighted by Gasteiger charge is 2.27. The van der Waals surface area contributed by atoms with Crippen molar-refractivity contribution >= 4 is 101 Å². The molecule has 0 saturated heterocycles. The van der Waals surface area contributed by atoms with Crippen LogP contribution in [-0.2, 0) is 50.6 Å². The normalized spacial score (nSPS) is 13.5. The van der Waals surface area contributed by atoms with Crippen LogP contribution in [0.3, 0.4) is 0 Å². The molecule has 0 bridgehead atoms. The van der Waals surface area contributed by atoms with Gasteiger partial charge in [0.05, 0.1) is 22.4 Å². The van der Waals surface area contributed by atoms with Gasteiger partial charge in [-0.1, -0.05) is 6.07 Å². The highest BCUT2D eigenvalue weighted by Crippen LogP contribution is 2.46. The van der Waals surface area contributed by atoms with Crippen LogP contribution in [0.1, 0.15) is 0 Å². The smallest absolute Gasteiger partial charge is 0.296 e. The first-order valence-corrected chi connectivity index (χ1v) is 19.5. The van der Waals surface area contributed by atoms with Crippen molar-refractivity contribution < 1.29 is 70.0 Å². The number of hydrogen-bond acceptors (Lipinski definition) is 18. The van der Waals surface area contributed by atoms with Crippen LogP contribution in [0.4, 0.5) is 39.8 Å². The highest BCUT2D eigenvalue weighted by molar-refractivity contribution is 7.87.